The first-order valence-corrected chi connectivity index (χ1v) is 6.76. The lowest BCUT2D eigenvalue weighted by atomic mass is 10.3. The number of pyridine rings is 1. The monoisotopic (exact) mass is 301 g/mol. The molecular weight excluding hydrogens is 290 g/mol. The Morgan fingerprint density at radius 1 is 1.24 bits per heavy atom. The molecule has 0 spiro atoms. The summed E-state index contributed by atoms with van der Waals surface area (Å²) >= 11 is 5.92. The van der Waals surface area contributed by atoms with Crippen molar-refractivity contribution < 1.29 is 9.26 Å². The second-order valence-corrected chi connectivity index (χ2v) is 4.85. The summed E-state index contributed by atoms with van der Waals surface area (Å²) < 4.78 is 11.0. The molecule has 0 aliphatic rings. The number of rotatable bonds is 4. The van der Waals surface area contributed by atoms with Gasteiger partial charge in [0.05, 0.1) is 0 Å². The van der Waals surface area contributed by atoms with Crippen molar-refractivity contribution in [1.82, 2.24) is 15.1 Å². The van der Waals surface area contributed by atoms with Crippen LogP contribution in [0.1, 0.15) is 18.9 Å². The van der Waals surface area contributed by atoms with E-state index in [9.17, 15) is 0 Å². The van der Waals surface area contributed by atoms with Gasteiger partial charge in [0.15, 0.2) is 6.10 Å². The molecule has 1 atom stereocenters. The fourth-order valence-electron chi connectivity index (χ4n) is 1.81. The number of ether oxygens (including phenoxy) is 1. The summed E-state index contributed by atoms with van der Waals surface area (Å²) in [6.45, 7) is 1.83. The Kier molecular flexibility index (Phi) is 3.83. The van der Waals surface area contributed by atoms with E-state index in [1.54, 1.807) is 24.5 Å². The topological polar surface area (TPSA) is 61.0 Å². The average Bonchev–Trinajstić information content (AvgIpc) is 2.98. The molecular formula is C15H12ClN3O2. The normalized spacial score (nSPS) is 12.1. The highest BCUT2D eigenvalue weighted by molar-refractivity contribution is 6.30. The van der Waals surface area contributed by atoms with Crippen molar-refractivity contribution in [1.29, 1.82) is 0 Å². The predicted molar refractivity (Wildman–Crippen MR) is 78.0 cm³/mol. The molecule has 106 valence electrons. The Bertz CT molecular complexity index is 731. The molecule has 0 unspecified atom stereocenters. The first-order valence-electron chi connectivity index (χ1n) is 6.38. The van der Waals surface area contributed by atoms with Gasteiger partial charge >= 0.3 is 0 Å². The fraction of sp³-hybridized carbons (Fsp3) is 0.133. The van der Waals surface area contributed by atoms with Gasteiger partial charge in [-0.25, -0.2) is 0 Å². The molecule has 0 amide bonds. The van der Waals surface area contributed by atoms with E-state index in [1.165, 1.54) is 0 Å². The maximum atomic E-state index is 5.92. The maximum Gasteiger partial charge on any atom is 0.267 e. The molecule has 0 fully saturated rings. The third-order valence-electron chi connectivity index (χ3n) is 2.82. The number of halogens is 1. The Morgan fingerprint density at radius 2 is 2.14 bits per heavy atom. The lowest BCUT2D eigenvalue weighted by Crippen LogP contribution is -2.03. The van der Waals surface area contributed by atoms with Gasteiger partial charge < -0.3 is 9.26 Å². The third-order valence-corrected chi connectivity index (χ3v) is 3.05. The zero-order chi connectivity index (χ0) is 14.7. The van der Waals surface area contributed by atoms with Gasteiger partial charge in [-0.3, -0.25) is 4.98 Å². The Morgan fingerprint density at radius 3 is 2.90 bits per heavy atom. The number of aromatic nitrogens is 3. The molecule has 0 radical (unpaired) electrons. The van der Waals surface area contributed by atoms with Crippen LogP contribution in [0, 0.1) is 0 Å². The number of hydrogen-bond donors (Lipinski definition) is 0. The highest BCUT2D eigenvalue weighted by Crippen LogP contribution is 2.24. The van der Waals surface area contributed by atoms with Crippen molar-refractivity contribution in [2.24, 2.45) is 0 Å². The molecule has 0 saturated carbocycles. The molecule has 5 nitrogen and oxygen atoms in total. The zero-order valence-corrected chi connectivity index (χ0v) is 12.0. The van der Waals surface area contributed by atoms with E-state index in [-0.39, 0.29) is 6.10 Å². The smallest absolute Gasteiger partial charge is 0.267 e. The van der Waals surface area contributed by atoms with Gasteiger partial charge in [0.25, 0.3) is 5.89 Å². The predicted octanol–water partition coefficient (Wildman–Crippen LogP) is 3.93. The van der Waals surface area contributed by atoms with Gasteiger partial charge in [0, 0.05) is 23.0 Å². The van der Waals surface area contributed by atoms with E-state index in [4.69, 9.17) is 20.9 Å². The Labute approximate surface area is 126 Å². The van der Waals surface area contributed by atoms with Crippen LogP contribution in [-0.4, -0.2) is 15.1 Å². The van der Waals surface area contributed by atoms with E-state index in [1.807, 2.05) is 31.2 Å². The minimum atomic E-state index is -0.374. The van der Waals surface area contributed by atoms with E-state index >= 15 is 0 Å². The first kappa shape index (κ1) is 13.6. The summed E-state index contributed by atoms with van der Waals surface area (Å²) in [7, 11) is 0. The van der Waals surface area contributed by atoms with E-state index in [2.05, 4.69) is 15.1 Å². The zero-order valence-electron chi connectivity index (χ0n) is 11.2. The van der Waals surface area contributed by atoms with Gasteiger partial charge in [-0.2, -0.15) is 4.98 Å². The highest BCUT2D eigenvalue weighted by Gasteiger charge is 2.17. The van der Waals surface area contributed by atoms with Crippen molar-refractivity contribution >= 4 is 11.6 Å². The first-order chi connectivity index (χ1) is 10.2. The van der Waals surface area contributed by atoms with Crippen LogP contribution in [0.3, 0.4) is 0 Å². The molecule has 3 rings (SSSR count). The standard InChI is InChI=1S/C15H12ClN3O2/c1-10(20-13-6-2-5-12(16)8-13)15-18-14(19-21-15)11-4-3-7-17-9-11/h2-10H,1H3/t10-/m1/s1. The minimum absolute atomic E-state index is 0.374. The average molecular weight is 302 g/mol. The van der Waals surface area contributed by atoms with Crippen LogP contribution in [0.2, 0.25) is 5.02 Å². The van der Waals surface area contributed by atoms with Gasteiger partial charge in [-0.05, 0) is 37.3 Å². The van der Waals surface area contributed by atoms with E-state index in [0.717, 1.165) is 5.56 Å². The minimum Gasteiger partial charge on any atom is -0.481 e. The van der Waals surface area contributed by atoms with Gasteiger partial charge in [0.2, 0.25) is 5.82 Å². The van der Waals surface area contributed by atoms with Crippen LogP contribution in [0.25, 0.3) is 11.4 Å². The summed E-state index contributed by atoms with van der Waals surface area (Å²) in [5, 5.41) is 4.55. The molecule has 3 aromatic rings. The maximum absolute atomic E-state index is 5.92. The van der Waals surface area contributed by atoms with Crippen LogP contribution in [0.15, 0.2) is 53.3 Å². The van der Waals surface area contributed by atoms with E-state index in [0.29, 0.717) is 22.5 Å². The molecule has 6 heteroatoms. The molecule has 0 saturated heterocycles. The van der Waals surface area contributed by atoms with Crippen LogP contribution < -0.4 is 4.74 Å². The van der Waals surface area contributed by atoms with Crippen molar-refractivity contribution in [2.75, 3.05) is 0 Å². The summed E-state index contributed by atoms with van der Waals surface area (Å²) in [5.41, 5.74) is 0.794. The second kappa shape index (κ2) is 5.93. The second-order valence-electron chi connectivity index (χ2n) is 4.42. The van der Waals surface area contributed by atoms with Crippen LogP contribution >= 0.6 is 11.6 Å². The summed E-state index contributed by atoms with van der Waals surface area (Å²) in [5.74, 6) is 1.53. The number of nitrogens with zero attached hydrogens (tertiary/aromatic N) is 3. The molecule has 1 aromatic carbocycles. The van der Waals surface area contributed by atoms with Crippen LogP contribution in [0.5, 0.6) is 5.75 Å². The van der Waals surface area contributed by atoms with Crippen molar-refractivity contribution in [3.05, 3.63) is 59.7 Å². The molecule has 0 aliphatic heterocycles. The van der Waals surface area contributed by atoms with E-state index < -0.39 is 0 Å². The summed E-state index contributed by atoms with van der Waals surface area (Å²) in [6, 6.07) is 10.8. The van der Waals surface area contributed by atoms with Crippen LogP contribution in [0.4, 0.5) is 0 Å². The Hall–Kier alpha value is -2.40. The van der Waals surface area contributed by atoms with Gasteiger partial charge in [-0.15, -0.1) is 0 Å². The Balaban J connectivity index is 1.77. The van der Waals surface area contributed by atoms with Gasteiger partial charge in [-0.1, -0.05) is 22.8 Å². The lowest BCUT2D eigenvalue weighted by Gasteiger charge is -2.10. The van der Waals surface area contributed by atoms with Crippen molar-refractivity contribution in [3.8, 4) is 17.1 Å². The fourth-order valence-corrected chi connectivity index (χ4v) is 1.99. The molecule has 0 bridgehead atoms. The molecule has 2 aromatic heterocycles. The highest BCUT2D eigenvalue weighted by atomic mass is 35.5. The quantitative estimate of drug-likeness (QED) is 0.731. The van der Waals surface area contributed by atoms with Crippen LogP contribution in [-0.2, 0) is 0 Å². The van der Waals surface area contributed by atoms with Gasteiger partial charge in [0.1, 0.15) is 5.75 Å². The lowest BCUT2D eigenvalue weighted by molar-refractivity contribution is 0.176. The molecule has 2 heterocycles. The third kappa shape index (κ3) is 3.20. The SMILES string of the molecule is C[C@@H](Oc1cccc(Cl)c1)c1nc(-c2cccnc2)no1. The van der Waals surface area contributed by atoms with Crippen molar-refractivity contribution in [3.63, 3.8) is 0 Å². The largest absolute Gasteiger partial charge is 0.481 e. The molecule has 21 heavy (non-hydrogen) atoms. The van der Waals surface area contributed by atoms with Crippen molar-refractivity contribution in [2.45, 2.75) is 13.0 Å². The number of hydrogen-bond acceptors (Lipinski definition) is 5. The summed E-state index contributed by atoms with van der Waals surface area (Å²) in [6.07, 6.45) is 2.99. The number of benzene rings is 1. The molecule has 0 aliphatic carbocycles. The summed E-state index contributed by atoms with van der Waals surface area (Å²) in [4.78, 5) is 8.35. The molecule has 0 N–H and O–H groups in total.